The Bertz CT molecular complexity index is 1670. The fraction of sp³-hybridized carbons (Fsp3) is 0.185. The second-order valence-electron chi connectivity index (χ2n) is 8.65. The molecule has 0 aliphatic heterocycles. The lowest BCUT2D eigenvalue weighted by atomic mass is 10.2. The number of rotatable bonds is 8. The number of methoxy groups -OCH3 is 1. The molecule has 40 heavy (non-hydrogen) atoms. The Morgan fingerprint density at radius 2 is 1.82 bits per heavy atom. The van der Waals surface area contributed by atoms with Crippen LogP contribution in [0.3, 0.4) is 0 Å². The average Bonchev–Trinajstić information content (AvgIpc) is 3.36. The molecule has 204 valence electrons. The summed E-state index contributed by atoms with van der Waals surface area (Å²) >= 11 is 0. The van der Waals surface area contributed by atoms with E-state index in [2.05, 4.69) is 35.6 Å². The van der Waals surface area contributed by atoms with E-state index in [0.717, 1.165) is 11.6 Å². The quantitative estimate of drug-likeness (QED) is 0.263. The fourth-order valence-electron chi connectivity index (χ4n) is 3.85. The SMILES string of the molecule is CCC(=O)Nc1cc(Nc2nc(-c3cccc(C(F)(F)F)n3)nc3c2ncn3Cc2ccc(OC)cc2)ccn1. The molecule has 0 aliphatic carbocycles. The number of amides is 1. The predicted molar refractivity (Wildman–Crippen MR) is 142 cm³/mol. The van der Waals surface area contributed by atoms with Crippen LogP contribution in [0.4, 0.5) is 30.5 Å². The van der Waals surface area contributed by atoms with E-state index < -0.39 is 11.9 Å². The molecule has 0 aliphatic rings. The molecule has 5 aromatic rings. The maximum Gasteiger partial charge on any atom is 0.433 e. The molecule has 5 rings (SSSR count). The zero-order chi connectivity index (χ0) is 28.3. The molecule has 0 spiro atoms. The van der Waals surface area contributed by atoms with Crippen LogP contribution in [0.25, 0.3) is 22.7 Å². The van der Waals surface area contributed by atoms with Crippen LogP contribution in [-0.4, -0.2) is 42.5 Å². The van der Waals surface area contributed by atoms with Crippen molar-refractivity contribution in [2.75, 3.05) is 17.7 Å². The molecule has 13 heteroatoms. The van der Waals surface area contributed by atoms with E-state index in [1.807, 2.05) is 24.3 Å². The van der Waals surface area contributed by atoms with Gasteiger partial charge in [-0.3, -0.25) is 4.79 Å². The summed E-state index contributed by atoms with van der Waals surface area (Å²) in [5.74, 6) is 1.05. The number of nitrogens with zero attached hydrogens (tertiary/aromatic N) is 6. The number of alkyl halides is 3. The van der Waals surface area contributed by atoms with Gasteiger partial charge in [-0.2, -0.15) is 13.2 Å². The molecule has 10 nitrogen and oxygen atoms in total. The van der Waals surface area contributed by atoms with Gasteiger partial charge in [0.05, 0.1) is 20.0 Å². The van der Waals surface area contributed by atoms with Crippen molar-refractivity contribution in [1.29, 1.82) is 0 Å². The zero-order valence-electron chi connectivity index (χ0n) is 21.4. The molecule has 0 fully saturated rings. The Hall–Kier alpha value is -5.07. The van der Waals surface area contributed by atoms with Gasteiger partial charge in [0.15, 0.2) is 22.8 Å². The maximum atomic E-state index is 13.4. The summed E-state index contributed by atoms with van der Waals surface area (Å²) in [6.07, 6.45) is -1.26. The van der Waals surface area contributed by atoms with Crippen LogP contribution in [0.2, 0.25) is 0 Å². The minimum atomic E-state index is -4.63. The van der Waals surface area contributed by atoms with Crippen LogP contribution in [0.5, 0.6) is 5.75 Å². The summed E-state index contributed by atoms with van der Waals surface area (Å²) in [5.41, 5.74) is 1.12. The minimum Gasteiger partial charge on any atom is -0.497 e. The number of hydrogen-bond acceptors (Lipinski definition) is 8. The smallest absolute Gasteiger partial charge is 0.433 e. The van der Waals surface area contributed by atoms with Gasteiger partial charge in [-0.15, -0.1) is 0 Å². The molecular formula is C27H23F3N8O2. The zero-order valence-corrected chi connectivity index (χ0v) is 21.4. The maximum absolute atomic E-state index is 13.4. The molecule has 0 radical (unpaired) electrons. The number of carbonyl (C=O) groups is 1. The van der Waals surface area contributed by atoms with Crippen LogP contribution in [0, 0.1) is 0 Å². The number of carbonyl (C=O) groups excluding carboxylic acids is 1. The lowest BCUT2D eigenvalue weighted by molar-refractivity contribution is -0.141. The fourth-order valence-corrected chi connectivity index (χ4v) is 3.85. The van der Waals surface area contributed by atoms with Crippen molar-refractivity contribution >= 4 is 34.4 Å². The lowest BCUT2D eigenvalue weighted by Crippen LogP contribution is -2.11. The van der Waals surface area contributed by atoms with Crippen LogP contribution < -0.4 is 15.4 Å². The summed E-state index contributed by atoms with van der Waals surface area (Å²) in [7, 11) is 1.58. The van der Waals surface area contributed by atoms with Crippen molar-refractivity contribution in [1.82, 2.24) is 29.5 Å². The number of hydrogen-bond donors (Lipinski definition) is 2. The van der Waals surface area contributed by atoms with Crippen molar-refractivity contribution in [3.05, 3.63) is 78.4 Å². The standard InChI is InChI=1S/C27H23F3N8O2/c1-3-22(39)35-21-13-17(11-12-31-21)33-25-23-26(38(15-32-23)14-16-7-9-18(40-2)10-8-16)37-24(36-25)19-5-4-6-20(34-19)27(28,29)30/h4-13,15H,3,14H2,1-2H3,(H2,31,33,35,36,37,39). The number of ether oxygens (including phenoxy) is 1. The van der Waals surface area contributed by atoms with Gasteiger partial charge in [0, 0.05) is 24.4 Å². The molecule has 0 bridgehead atoms. The molecule has 4 aromatic heterocycles. The van der Waals surface area contributed by atoms with E-state index in [1.54, 1.807) is 37.1 Å². The van der Waals surface area contributed by atoms with Crippen LogP contribution in [0.15, 0.2) is 67.1 Å². The van der Waals surface area contributed by atoms with Gasteiger partial charge in [-0.1, -0.05) is 25.1 Å². The van der Waals surface area contributed by atoms with Crippen molar-refractivity contribution in [3.8, 4) is 17.3 Å². The number of benzene rings is 1. The third-order valence-electron chi connectivity index (χ3n) is 5.86. The number of fused-ring (bicyclic) bond motifs is 1. The van der Waals surface area contributed by atoms with Gasteiger partial charge in [-0.05, 0) is 35.9 Å². The van der Waals surface area contributed by atoms with Gasteiger partial charge < -0.3 is 19.9 Å². The van der Waals surface area contributed by atoms with Gasteiger partial charge >= 0.3 is 6.18 Å². The van der Waals surface area contributed by atoms with E-state index >= 15 is 0 Å². The minimum absolute atomic E-state index is 0.0221. The normalized spacial score (nSPS) is 11.4. The highest BCUT2D eigenvalue weighted by Crippen LogP contribution is 2.31. The average molecular weight is 549 g/mol. The third-order valence-corrected chi connectivity index (χ3v) is 5.86. The number of aromatic nitrogens is 6. The summed E-state index contributed by atoms with van der Waals surface area (Å²) in [6, 6.07) is 14.3. The lowest BCUT2D eigenvalue weighted by Gasteiger charge is -2.12. The third kappa shape index (κ3) is 5.82. The van der Waals surface area contributed by atoms with Gasteiger partial charge in [-0.25, -0.2) is 24.9 Å². The largest absolute Gasteiger partial charge is 0.497 e. The van der Waals surface area contributed by atoms with E-state index in [-0.39, 0.29) is 29.7 Å². The molecular weight excluding hydrogens is 525 g/mol. The van der Waals surface area contributed by atoms with E-state index in [0.29, 0.717) is 35.0 Å². The number of nitrogens with one attached hydrogen (secondary N) is 2. The summed E-state index contributed by atoms with van der Waals surface area (Å²) in [5, 5.41) is 5.83. The van der Waals surface area contributed by atoms with Crippen molar-refractivity contribution in [2.24, 2.45) is 0 Å². The first-order valence-corrected chi connectivity index (χ1v) is 12.2. The molecule has 0 atom stereocenters. The Labute approximate surface area is 226 Å². The highest BCUT2D eigenvalue weighted by atomic mass is 19.4. The molecule has 0 saturated heterocycles. The molecule has 0 unspecified atom stereocenters. The van der Waals surface area contributed by atoms with Crippen molar-refractivity contribution < 1.29 is 22.7 Å². The van der Waals surface area contributed by atoms with Crippen LogP contribution in [0.1, 0.15) is 24.6 Å². The second kappa shape index (κ2) is 11.0. The first-order valence-electron chi connectivity index (χ1n) is 12.2. The summed E-state index contributed by atoms with van der Waals surface area (Å²) in [4.78, 5) is 33.2. The second-order valence-corrected chi connectivity index (χ2v) is 8.65. The Morgan fingerprint density at radius 3 is 2.55 bits per heavy atom. The number of halogens is 3. The van der Waals surface area contributed by atoms with Gasteiger partial charge in [0.1, 0.15) is 23.0 Å². The van der Waals surface area contributed by atoms with Crippen LogP contribution in [-0.2, 0) is 17.5 Å². The molecule has 1 aromatic carbocycles. The number of anilines is 3. The highest BCUT2D eigenvalue weighted by molar-refractivity contribution is 5.91. The summed E-state index contributed by atoms with van der Waals surface area (Å²) < 4.78 is 47.2. The Kier molecular flexibility index (Phi) is 7.27. The van der Waals surface area contributed by atoms with Crippen LogP contribution >= 0.6 is 0 Å². The summed E-state index contributed by atoms with van der Waals surface area (Å²) in [6.45, 7) is 2.11. The molecule has 1 amide bonds. The molecule has 2 N–H and O–H groups in total. The number of imidazole rings is 1. The van der Waals surface area contributed by atoms with Gasteiger partial charge in [0.25, 0.3) is 0 Å². The first kappa shape index (κ1) is 26.5. The van der Waals surface area contributed by atoms with Crippen molar-refractivity contribution in [3.63, 3.8) is 0 Å². The van der Waals surface area contributed by atoms with E-state index in [1.165, 1.54) is 18.3 Å². The molecule has 4 heterocycles. The Balaban J connectivity index is 1.59. The Morgan fingerprint density at radius 1 is 1.02 bits per heavy atom. The number of pyridine rings is 2. The predicted octanol–water partition coefficient (Wildman–Crippen LogP) is 5.45. The molecule has 0 saturated carbocycles. The van der Waals surface area contributed by atoms with Crippen molar-refractivity contribution in [2.45, 2.75) is 26.1 Å². The van der Waals surface area contributed by atoms with E-state index in [9.17, 15) is 18.0 Å². The first-order chi connectivity index (χ1) is 19.2. The van der Waals surface area contributed by atoms with E-state index in [4.69, 9.17) is 4.74 Å². The highest BCUT2D eigenvalue weighted by Gasteiger charge is 2.32. The monoisotopic (exact) mass is 548 g/mol. The topological polar surface area (TPSA) is 120 Å². The van der Waals surface area contributed by atoms with Gasteiger partial charge in [0.2, 0.25) is 5.91 Å².